The number of Topliss-reactive ketones (excluding diaryl/α,β-unsaturated/α-hetero) is 2. The zero-order valence-electron chi connectivity index (χ0n) is 27.6. The van der Waals surface area contributed by atoms with E-state index in [4.69, 9.17) is 5.11 Å². The quantitative estimate of drug-likeness (QED) is 0.0279. The molecule has 256 valence electrons. The van der Waals surface area contributed by atoms with Crippen LogP contribution in [0.4, 0.5) is 0 Å². The highest BCUT2D eigenvalue weighted by molar-refractivity contribution is 6.20. The van der Waals surface area contributed by atoms with Crippen molar-refractivity contribution < 1.29 is 39.2 Å². The van der Waals surface area contributed by atoms with Crippen LogP contribution in [0.15, 0.2) is 0 Å². The number of aliphatic carboxylic acids is 2. The smallest absolute Gasteiger partial charge is 0.480 e. The van der Waals surface area contributed by atoms with Crippen LogP contribution in [0.25, 0.3) is 0 Å². The molecule has 2 N–H and O–H groups in total. The molecule has 0 aliphatic heterocycles. The van der Waals surface area contributed by atoms with E-state index in [1.165, 1.54) is 71.6 Å². The molecule has 0 heterocycles. The van der Waals surface area contributed by atoms with Crippen molar-refractivity contribution in [1.82, 2.24) is 0 Å². The van der Waals surface area contributed by atoms with Crippen molar-refractivity contribution in [1.29, 1.82) is 0 Å². The Morgan fingerprint density at radius 1 is 0.500 bits per heavy atom. The van der Waals surface area contributed by atoms with Crippen molar-refractivity contribution in [2.45, 2.75) is 175 Å². The monoisotopic (exact) mass is 630 g/mol. The van der Waals surface area contributed by atoms with Gasteiger partial charge in [0, 0.05) is 0 Å². The lowest BCUT2D eigenvalue weighted by atomic mass is 9.76. The molecule has 0 aliphatic rings. The van der Waals surface area contributed by atoms with Gasteiger partial charge in [-0.25, -0.2) is 4.79 Å². The molecule has 0 radical (unpaired) electrons. The Kier molecular flexibility index (Phi) is 25.0. The molecule has 0 aromatic heterocycles. The molecule has 0 spiro atoms. The second kappa shape index (κ2) is 25.4. The van der Waals surface area contributed by atoms with Gasteiger partial charge in [0.05, 0.1) is 0 Å². The third-order valence-electron chi connectivity index (χ3n) is 8.30. The number of carboxylic acid groups (broad SMARTS) is 2. The summed E-state index contributed by atoms with van der Waals surface area (Å²) < 4.78 is 0. The Balaban J connectivity index is 0. The van der Waals surface area contributed by atoms with E-state index >= 15 is 0 Å². The minimum absolute atomic E-state index is 0.129. The van der Waals surface area contributed by atoms with Crippen molar-refractivity contribution in [3.05, 3.63) is 20.2 Å². The second-order valence-electron chi connectivity index (χ2n) is 11.8. The number of carbonyl (C=O) groups excluding carboxylic acids is 2. The lowest BCUT2D eigenvalue weighted by molar-refractivity contribution is -0.779. The fourth-order valence-electron chi connectivity index (χ4n) is 5.26. The van der Waals surface area contributed by atoms with E-state index in [0.717, 1.165) is 51.4 Å². The predicted molar refractivity (Wildman–Crippen MR) is 169 cm³/mol. The summed E-state index contributed by atoms with van der Waals surface area (Å²) in [5.74, 6) is -4.41. The van der Waals surface area contributed by atoms with Gasteiger partial charge in [0.25, 0.3) is 0 Å². The first kappa shape index (κ1) is 43.2. The third-order valence-corrected chi connectivity index (χ3v) is 8.30. The molecule has 12 nitrogen and oxygen atoms in total. The minimum atomic E-state index is -3.10. The van der Waals surface area contributed by atoms with E-state index in [2.05, 4.69) is 13.8 Å². The summed E-state index contributed by atoms with van der Waals surface area (Å²) >= 11 is 0. The van der Waals surface area contributed by atoms with Crippen molar-refractivity contribution in [2.24, 2.45) is 5.41 Å². The highest BCUT2D eigenvalue weighted by atomic mass is 16.7. The lowest BCUT2D eigenvalue weighted by Crippen LogP contribution is -2.53. The number of hydrogen-bond acceptors (Lipinski definition) is 8. The van der Waals surface area contributed by atoms with Crippen LogP contribution in [0.5, 0.6) is 0 Å². The molecule has 0 rings (SSSR count). The summed E-state index contributed by atoms with van der Waals surface area (Å²) in [7, 11) is 0. The first-order chi connectivity index (χ1) is 20.8. The van der Waals surface area contributed by atoms with Crippen molar-refractivity contribution >= 4 is 23.5 Å². The van der Waals surface area contributed by atoms with Crippen LogP contribution in [-0.2, 0) is 19.2 Å². The molecular weight excluding hydrogens is 572 g/mol. The summed E-state index contributed by atoms with van der Waals surface area (Å²) in [5.41, 5.74) is -4.92. The normalized spacial score (nSPS) is 11.4. The molecular formula is C32H58N2O10. The van der Waals surface area contributed by atoms with E-state index in [-0.39, 0.29) is 12.8 Å². The maximum absolute atomic E-state index is 11.7. The highest BCUT2D eigenvalue weighted by Gasteiger charge is 2.64. The molecule has 0 atom stereocenters. The molecule has 0 unspecified atom stereocenters. The standard InChI is InChI=1S/C20H36O4.C12H22N2O6/c1-4-5-6-7-8-9-10-11-12-13-14-15-16-20(17(2)21,18(3)22)19(23)24;1-2-3-4-5-6-7-8-9-10-12(11(15)16,13(17)18)14(19)20/h4-16H2,1-3H3,(H,23,24);2-10H2,1H3,(H,15,16). The van der Waals surface area contributed by atoms with Gasteiger partial charge in [-0.2, -0.15) is 0 Å². The minimum Gasteiger partial charge on any atom is -0.480 e. The van der Waals surface area contributed by atoms with Gasteiger partial charge in [0.2, 0.25) is 0 Å². The van der Waals surface area contributed by atoms with Crippen molar-refractivity contribution in [3.63, 3.8) is 0 Å². The second-order valence-corrected chi connectivity index (χ2v) is 11.8. The molecule has 12 heteroatoms. The molecule has 0 bridgehead atoms. The summed E-state index contributed by atoms with van der Waals surface area (Å²) in [4.78, 5) is 64.4. The third kappa shape index (κ3) is 16.2. The Labute approximate surface area is 263 Å². The fourth-order valence-corrected chi connectivity index (χ4v) is 5.26. The van der Waals surface area contributed by atoms with Gasteiger partial charge in [-0.15, -0.1) is 0 Å². The van der Waals surface area contributed by atoms with Gasteiger partial charge in [0.15, 0.2) is 17.0 Å². The number of ketones is 2. The fraction of sp³-hybridized carbons (Fsp3) is 0.875. The summed E-state index contributed by atoms with van der Waals surface area (Å²) in [6.45, 7) is 6.75. The summed E-state index contributed by atoms with van der Waals surface area (Å²) in [6, 6.07) is 0. The molecule has 0 aliphatic carbocycles. The van der Waals surface area contributed by atoms with E-state index in [9.17, 15) is 44.5 Å². The van der Waals surface area contributed by atoms with Gasteiger partial charge in [-0.1, -0.05) is 136 Å². The van der Waals surface area contributed by atoms with Crippen LogP contribution in [0.2, 0.25) is 0 Å². The highest BCUT2D eigenvalue weighted by Crippen LogP contribution is 2.29. The molecule has 0 fully saturated rings. The van der Waals surface area contributed by atoms with Gasteiger partial charge >= 0.3 is 17.6 Å². The molecule has 0 aromatic carbocycles. The number of carbonyl (C=O) groups is 4. The predicted octanol–water partition coefficient (Wildman–Crippen LogP) is 8.18. The number of nitrogens with zero attached hydrogens (tertiary/aromatic N) is 2. The maximum Gasteiger partial charge on any atom is 0.552 e. The Hall–Kier alpha value is -2.92. The average Bonchev–Trinajstić information content (AvgIpc) is 2.94. The number of rotatable bonds is 28. The summed E-state index contributed by atoms with van der Waals surface area (Å²) in [6.07, 6.45) is 20.8. The van der Waals surface area contributed by atoms with Gasteiger partial charge in [0.1, 0.15) is 16.3 Å². The van der Waals surface area contributed by atoms with E-state index < -0.39 is 50.9 Å². The molecule has 0 saturated carbocycles. The largest absolute Gasteiger partial charge is 0.552 e. The van der Waals surface area contributed by atoms with E-state index in [1.54, 1.807) is 0 Å². The topological polar surface area (TPSA) is 195 Å². The van der Waals surface area contributed by atoms with Crippen LogP contribution < -0.4 is 0 Å². The Morgan fingerprint density at radius 2 is 0.773 bits per heavy atom. The maximum atomic E-state index is 11.7. The average molecular weight is 631 g/mol. The van der Waals surface area contributed by atoms with Gasteiger partial charge in [-0.05, 0) is 26.7 Å². The van der Waals surface area contributed by atoms with Crippen molar-refractivity contribution in [3.8, 4) is 0 Å². The van der Waals surface area contributed by atoms with Crippen LogP contribution in [0, 0.1) is 25.6 Å². The number of unbranched alkanes of at least 4 members (excludes halogenated alkanes) is 18. The van der Waals surface area contributed by atoms with E-state index in [1.807, 2.05) is 0 Å². The first-order valence-electron chi connectivity index (χ1n) is 16.6. The molecule has 0 aromatic rings. The van der Waals surface area contributed by atoms with Crippen molar-refractivity contribution in [2.75, 3.05) is 0 Å². The van der Waals surface area contributed by atoms with Gasteiger partial charge in [-0.3, -0.25) is 34.6 Å². The van der Waals surface area contributed by atoms with Crippen LogP contribution >= 0.6 is 0 Å². The van der Waals surface area contributed by atoms with Crippen LogP contribution in [0.1, 0.15) is 169 Å². The lowest BCUT2D eigenvalue weighted by Gasteiger charge is -2.23. The number of hydrogen-bond donors (Lipinski definition) is 2. The number of nitro groups is 2. The number of carboxylic acids is 2. The SMILES string of the molecule is CCCCCCCCCCC(C(=O)O)([N+](=O)[O-])[N+](=O)[O-].CCCCCCCCCCCCCCC(C(C)=O)(C(C)=O)C(=O)O. The van der Waals surface area contributed by atoms with Crippen LogP contribution in [0.3, 0.4) is 0 Å². The zero-order valence-corrected chi connectivity index (χ0v) is 27.6. The molecule has 0 saturated heterocycles. The zero-order chi connectivity index (χ0) is 34.0. The Morgan fingerprint density at radius 3 is 1.00 bits per heavy atom. The van der Waals surface area contributed by atoms with Gasteiger partial charge < -0.3 is 10.2 Å². The molecule has 0 amide bonds. The summed E-state index contributed by atoms with van der Waals surface area (Å²) in [5, 5.41) is 39.5. The first-order valence-corrected chi connectivity index (χ1v) is 16.6. The Bertz CT molecular complexity index is 803. The van der Waals surface area contributed by atoms with Crippen LogP contribution in [-0.4, -0.2) is 49.2 Å². The molecule has 44 heavy (non-hydrogen) atoms. The van der Waals surface area contributed by atoms with E-state index in [0.29, 0.717) is 12.8 Å².